The van der Waals surface area contributed by atoms with E-state index in [1.54, 1.807) is 0 Å². The van der Waals surface area contributed by atoms with Crippen LogP contribution >= 0.6 is 11.3 Å². The maximum Gasteiger partial charge on any atom is 0.0320 e. The van der Waals surface area contributed by atoms with Crippen LogP contribution in [0.25, 0.3) is 12.2 Å². The van der Waals surface area contributed by atoms with Crippen LogP contribution in [0.15, 0.2) is 29.6 Å². The van der Waals surface area contributed by atoms with Gasteiger partial charge >= 0.3 is 0 Å². The molecular formula is C13H11NS. The molecule has 2 aromatic rings. The van der Waals surface area contributed by atoms with E-state index in [0.717, 1.165) is 12.1 Å². The lowest BCUT2D eigenvalue weighted by molar-refractivity contribution is 1.23. The van der Waals surface area contributed by atoms with Gasteiger partial charge < -0.3 is 5.73 Å². The maximum absolute atomic E-state index is 5.78. The molecule has 1 aromatic carbocycles. The predicted octanol–water partition coefficient (Wildman–Crippen LogP) is 3.40. The lowest BCUT2D eigenvalue weighted by Gasteiger charge is -2.04. The predicted molar refractivity (Wildman–Crippen MR) is 66.9 cm³/mol. The second-order valence-electron chi connectivity index (χ2n) is 3.77. The highest BCUT2D eigenvalue weighted by molar-refractivity contribution is 7.10. The second-order valence-corrected chi connectivity index (χ2v) is 4.77. The number of benzene rings is 1. The van der Waals surface area contributed by atoms with Gasteiger partial charge in [0.2, 0.25) is 0 Å². The Hall–Kier alpha value is -1.54. The first kappa shape index (κ1) is 8.74. The summed E-state index contributed by atoms with van der Waals surface area (Å²) in [5.41, 5.74) is 10.6. The van der Waals surface area contributed by atoms with Crippen molar-refractivity contribution in [2.24, 2.45) is 0 Å². The molecule has 15 heavy (non-hydrogen) atoms. The van der Waals surface area contributed by atoms with Gasteiger partial charge in [0.25, 0.3) is 0 Å². The molecule has 0 radical (unpaired) electrons. The number of rotatable bonds is 0. The van der Waals surface area contributed by atoms with Crippen LogP contribution in [0.2, 0.25) is 0 Å². The largest absolute Gasteiger partial charge is 0.399 e. The van der Waals surface area contributed by atoms with Crippen LogP contribution in [0.5, 0.6) is 0 Å². The minimum Gasteiger partial charge on any atom is -0.399 e. The molecule has 0 atom stereocenters. The Bertz CT molecular complexity index is 537. The van der Waals surface area contributed by atoms with Crippen molar-refractivity contribution in [1.29, 1.82) is 0 Å². The zero-order chi connectivity index (χ0) is 10.3. The van der Waals surface area contributed by atoms with Crippen molar-refractivity contribution in [2.75, 3.05) is 5.73 Å². The molecule has 0 saturated heterocycles. The summed E-state index contributed by atoms with van der Waals surface area (Å²) >= 11 is 1.82. The summed E-state index contributed by atoms with van der Waals surface area (Å²) in [7, 11) is 0. The first-order valence-corrected chi connectivity index (χ1v) is 5.84. The molecule has 1 aromatic heterocycles. The molecule has 74 valence electrons. The average Bonchev–Trinajstić information content (AvgIpc) is 2.59. The first-order valence-electron chi connectivity index (χ1n) is 4.96. The van der Waals surface area contributed by atoms with E-state index in [1.807, 2.05) is 23.5 Å². The van der Waals surface area contributed by atoms with E-state index in [2.05, 4.69) is 29.7 Å². The van der Waals surface area contributed by atoms with E-state index in [1.165, 1.54) is 21.6 Å². The molecule has 0 aliphatic heterocycles. The highest BCUT2D eigenvalue weighted by atomic mass is 32.1. The molecule has 0 saturated carbocycles. The molecule has 0 bridgehead atoms. The highest BCUT2D eigenvalue weighted by Crippen LogP contribution is 2.29. The fraction of sp³-hybridized carbons (Fsp3) is 0.0769. The summed E-state index contributed by atoms with van der Waals surface area (Å²) in [4.78, 5) is 1.44. The molecule has 2 N–H and O–H groups in total. The lowest BCUT2D eigenvalue weighted by Crippen LogP contribution is -1.91. The van der Waals surface area contributed by atoms with Crippen molar-refractivity contribution in [3.63, 3.8) is 0 Å². The van der Waals surface area contributed by atoms with Gasteiger partial charge in [0.1, 0.15) is 0 Å². The van der Waals surface area contributed by atoms with Crippen LogP contribution < -0.4 is 5.73 Å². The Balaban J connectivity index is 2.17. The smallest absolute Gasteiger partial charge is 0.0320 e. The molecule has 0 fully saturated rings. The molecule has 0 spiro atoms. The van der Waals surface area contributed by atoms with Crippen LogP contribution in [0.1, 0.15) is 21.6 Å². The average molecular weight is 213 g/mol. The fourth-order valence-electron chi connectivity index (χ4n) is 1.92. The highest BCUT2D eigenvalue weighted by Gasteiger charge is 2.09. The summed E-state index contributed by atoms with van der Waals surface area (Å²) in [5.74, 6) is 0. The number of nitrogen functional groups attached to an aromatic ring is 1. The standard InChI is InChI=1S/C13H11NS/c14-12-4-3-11-8-13-9(5-6-15-13)1-2-10(11)7-12/h1-7H,8,14H2. The van der Waals surface area contributed by atoms with Gasteiger partial charge in [-0.3, -0.25) is 0 Å². The molecule has 0 amide bonds. The Labute approximate surface area is 92.9 Å². The van der Waals surface area contributed by atoms with Gasteiger partial charge in [0.05, 0.1) is 0 Å². The van der Waals surface area contributed by atoms with Gasteiger partial charge in [-0.05, 0) is 40.3 Å². The van der Waals surface area contributed by atoms with Crippen molar-refractivity contribution in [3.05, 3.63) is 51.2 Å². The number of fused-ring (bicyclic) bond motifs is 2. The first-order chi connectivity index (χ1) is 7.33. The summed E-state index contributed by atoms with van der Waals surface area (Å²) in [6, 6.07) is 8.32. The van der Waals surface area contributed by atoms with E-state index >= 15 is 0 Å². The third kappa shape index (κ3) is 1.47. The summed E-state index contributed by atoms with van der Waals surface area (Å²) in [6.45, 7) is 0. The SMILES string of the molecule is Nc1ccc2c(c1)C=Cc1ccsc1C2. The van der Waals surface area contributed by atoms with Gasteiger partial charge in [-0.15, -0.1) is 11.3 Å². The van der Waals surface area contributed by atoms with Crippen molar-refractivity contribution < 1.29 is 0 Å². The van der Waals surface area contributed by atoms with E-state index < -0.39 is 0 Å². The van der Waals surface area contributed by atoms with Crippen molar-refractivity contribution in [3.8, 4) is 0 Å². The Kier molecular flexibility index (Phi) is 1.89. The molecule has 2 heteroatoms. The molecule has 1 aliphatic carbocycles. The Morgan fingerprint density at radius 3 is 2.87 bits per heavy atom. The Morgan fingerprint density at radius 2 is 1.93 bits per heavy atom. The topological polar surface area (TPSA) is 26.0 Å². The lowest BCUT2D eigenvalue weighted by atomic mass is 10.0. The Morgan fingerprint density at radius 1 is 1.07 bits per heavy atom. The van der Waals surface area contributed by atoms with Crippen molar-refractivity contribution >= 4 is 29.2 Å². The van der Waals surface area contributed by atoms with Crippen LogP contribution in [0, 0.1) is 0 Å². The zero-order valence-corrected chi connectivity index (χ0v) is 9.05. The molecule has 1 nitrogen and oxygen atoms in total. The minimum atomic E-state index is 0.837. The normalized spacial score (nSPS) is 13.1. The number of nitrogens with two attached hydrogens (primary N) is 1. The van der Waals surface area contributed by atoms with Crippen LogP contribution in [0.4, 0.5) is 5.69 Å². The van der Waals surface area contributed by atoms with E-state index in [-0.39, 0.29) is 0 Å². The fourth-order valence-corrected chi connectivity index (χ4v) is 2.81. The molecule has 1 aliphatic rings. The number of anilines is 1. The zero-order valence-electron chi connectivity index (χ0n) is 8.23. The van der Waals surface area contributed by atoms with E-state index in [9.17, 15) is 0 Å². The van der Waals surface area contributed by atoms with Gasteiger partial charge in [-0.1, -0.05) is 18.2 Å². The van der Waals surface area contributed by atoms with E-state index in [4.69, 9.17) is 5.73 Å². The number of hydrogen-bond acceptors (Lipinski definition) is 2. The van der Waals surface area contributed by atoms with Crippen LogP contribution in [0.3, 0.4) is 0 Å². The van der Waals surface area contributed by atoms with E-state index in [0.29, 0.717) is 0 Å². The van der Waals surface area contributed by atoms with Gasteiger partial charge in [-0.25, -0.2) is 0 Å². The van der Waals surface area contributed by atoms with Gasteiger partial charge in [0.15, 0.2) is 0 Å². The quantitative estimate of drug-likeness (QED) is 0.569. The monoisotopic (exact) mass is 213 g/mol. The number of hydrogen-bond donors (Lipinski definition) is 1. The minimum absolute atomic E-state index is 0.837. The molecular weight excluding hydrogens is 202 g/mol. The summed E-state index contributed by atoms with van der Waals surface area (Å²) in [6.07, 6.45) is 5.36. The third-order valence-electron chi connectivity index (χ3n) is 2.74. The summed E-state index contributed by atoms with van der Waals surface area (Å²) < 4.78 is 0. The maximum atomic E-state index is 5.78. The second kappa shape index (κ2) is 3.24. The number of thiophene rings is 1. The molecule has 1 heterocycles. The van der Waals surface area contributed by atoms with Crippen LogP contribution in [-0.4, -0.2) is 0 Å². The van der Waals surface area contributed by atoms with Crippen molar-refractivity contribution in [2.45, 2.75) is 6.42 Å². The van der Waals surface area contributed by atoms with Crippen molar-refractivity contribution in [1.82, 2.24) is 0 Å². The summed E-state index contributed by atoms with van der Waals surface area (Å²) in [5, 5.41) is 2.15. The third-order valence-corrected chi connectivity index (χ3v) is 3.68. The van der Waals surface area contributed by atoms with Gasteiger partial charge in [0, 0.05) is 17.0 Å². The molecule has 3 rings (SSSR count). The molecule has 0 unspecified atom stereocenters. The van der Waals surface area contributed by atoms with Gasteiger partial charge in [-0.2, -0.15) is 0 Å². The van der Waals surface area contributed by atoms with Crippen LogP contribution in [-0.2, 0) is 6.42 Å².